The van der Waals surface area contributed by atoms with E-state index in [-0.39, 0.29) is 24.3 Å². The predicted molar refractivity (Wildman–Crippen MR) is 89.2 cm³/mol. The number of pyridine rings is 1. The summed E-state index contributed by atoms with van der Waals surface area (Å²) in [5.74, 6) is -0.171. The van der Waals surface area contributed by atoms with Crippen LogP contribution in [0.1, 0.15) is 18.0 Å². The lowest BCUT2D eigenvalue weighted by atomic mass is 10.0. The second-order valence-corrected chi connectivity index (χ2v) is 6.24. The number of rotatable bonds is 4. The summed E-state index contributed by atoms with van der Waals surface area (Å²) in [6.45, 7) is 0.450. The summed E-state index contributed by atoms with van der Waals surface area (Å²) >= 11 is 5.76. The van der Waals surface area contributed by atoms with Crippen molar-refractivity contribution in [1.82, 2.24) is 9.88 Å². The van der Waals surface area contributed by atoms with Crippen LogP contribution in [-0.2, 0) is 4.79 Å². The number of likely N-dealkylation sites (tertiary alicyclic amines) is 1. The van der Waals surface area contributed by atoms with Crippen LogP contribution in [0.25, 0.3) is 0 Å². The fourth-order valence-corrected chi connectivity index (χ4v) is 3.04. The molecule has 3 rings (SSSR count). The van der Waals surface area contributed by atoms with Crippen LogP contribution in [0.15, 0.2) is 42.6 Å². The average Bonchev–Trinajstić information content (AvgIpc) is 2.90. The maximum atomic E-state index is 13.4. The number of nitrogens with one attached hydrogen (secondary N) is 1. The van der Waals surface area contributed by atoms with Crippen molar-refractivity contribution in [2.24, 2.45) is 0 Å². The number of β-amino-alcohol motifs (C(OH)–C–C–N with tert-alkyl or cyclic N) is 1. The molecule has 2 aromatic rings. The number of nitrogens with zero attached hydrogens (tertiary/aromatic N) is 2. The largest absolute Gasteiger partial charge is 0.392 e. The summed E-state index contributed by atoms with van der Waals surface area (Å²) in [7, 11) is 0. The highest BCUT2D eigenvalue weighted by atomic mass is 35.5. The van der Waals surface area contributed by atoms with Gasteiger partial charge in [-0.25, -0.2) is 9.37 Å². The lowest BCUT2D eigenvalue weighted by molar-refractivity contribution is -0.117. The quantitative estimate of drug-likeness (QED) is 0.890. The maximum absolute atomic E-state index is 13.4. The number of anilines is 1. The van der Waals surface area contributed by atoms with E-state index in [4.69, 9.17) is 11.6 Å². The third-order valence-electron chi connectivity index (χ3n) is 3.96. The molecule has 1 saturated heterocycles. The van der Waals surface area contributed by atoms with E-state index in [1.807, 2.05) is 4.90 Å². The molecule has 1 aromatic heterocycles. The Hall–Kier alpha value is -2.02. The highest BCUT2D eigenvalue weighted by molar-refractivity contribution is 6.30. The highest BCUT2D eigenvalue weighted by Gasteiger charge is 2.33. The maximum Gasteiger partial charge on any atom is 0.239 e. The second-order valence-electron chi connectivity index (χ2n) is 5.80. The van der Waals surface area contributed by atoms with Gasteiger partial charge in [-0.1, -0.05) is 23.7 Å². The molecule has 0 aliphatic carbocycles. The molecule has 0 bridgehead atoms. The number of amides is 1. The Morgan fingerprint density at radius 3 is 2.96 bits per heavy atom. The van der Waals surface area contributed by atoms with E-state index in [0.29, 0.717) is 23.8 Å². The number of aromatic nitrogens is 1. The summed E-state index contributed by atoms with van der Waals surface area (Å²) < 4.78 is 13.4. The molecule has 1 fully saturated rings. The van der Waals surface area contributed by atoms with Crippen molar-refractivity contribution < 1.29 is 14.3 Å². The first-order valence-electron chi connectivity index (χ1n) is 7.60. The summed E-state index contributed by atoms with van der Waals surface area (Å²) in [5, 5.41) is 13.1. The van der Waals surface area contributed by atoms with Gasteiger partial charge in [0.05, 0.1) is 17.7 Å². The Morgan fingerprint density at radius 2 is 2.25 bits per heavy atom. The molecular formula is C17H17ClFN3O2. The molecule has 24 heavy (non-hydrogen) atoms. The molecule has 2 N–H and O–H groups in total. The van der Waals surface area contributed by atoms with Gasteiger partial charge < -0.3 is 10.4 Å². The zero-order valence-corrected chi connectivity index (χ0v) is 13.6. The SMILES string of the molecule is O=C(CN1C[C@H](O)C[C@H]1c1cccc(F)c1)Nc1ccc(Cl)cn1. The second kappa shape index (κ2) is 7.25. The lowest BCUT2D eigenvalue weighted by Crippen LogP contribution is -2.34. The van der Waals surface area contributed by atoms with Crippen LogP contribution >= 0.6 is 11.6 Å². The molecule has 2 heterocycles. The van der Waals surface area contributed by atoms with Gasteiger partial charge in [-0.3, -0.25) is 9.69 Å². The molecule has 1 aliphatic rings. The molecule has 1 aromatic carbocycles. The monoisotopic (exact) mass is 349 g/mol. The third-order valence-corrected chi connectivity index (χ3v) is 4.18. The standard InChI is InChI=1S/C17H17ClFN3O2/c18-12-4-5-16(20-8-12)21-17(24)10-22-9-14(23)7-15(22)11-2-1-3-13(19)6-11/h1-6,8,14-15,23H,7,9-10H2,(H,20,21,24)/t14-,15+/m1/s1. The molecule has 1 aliphatic heterocycles. The first-order chi connectivity index (χ1) is 11.5. The molecule has 5 nitrogen and oxygen atoms in total. The zero-order chi connectivity index (χ0) is 17.1. The van der Waals surface area contributed by atoms with Gasteiger partial charge in [-0.2, -0.15) is 0 Å². The molecule has 0 radical (unpaired) electrons. The van der Waals surface area contributed by atoms with Crippen molar-refractivity contribution in [3.63, 3.8) is 0 Å². The van der Waals surface area contributed by atoms with Crippen molar-refractivity contribution in [3.8, 4) is 0 Å². The molecule has 0 saturated carbocycles. The Labute approximate surface area is 144 Å². The summed E-state index contributed by atoms with van der Waals surface area (Å²) in [6, 6.07) is 9.30. The van der Waals surface area contributed by atoms with E-state index in [1.165, 1.54) is 18.3 Å². The summed E-state index contributed by atoms with van der Waals surface area (Å²) in [5.41, 5.74) is 0.754. The first-order valence-corrected chi connectivity index (χ1v) is 7.98. The topological polar surface area (TPSA) is 65.5 Å². The molecule has 2 atom stereocenters. The normalized spacial score (nSPS) is 21.0. The van der Waals surface area contributed by atoms with E-state index >= 15 is 0 Å². The zero-order valence-electron chi connectivity index (χ0n) is 12.8. The van der Waals surface area contributed by atoms with Crippen LogP contribution in [0.2, 0.25) is 5.02 Å². The van der Waals surface area contributed by atoms with Crippen LogP contribution in [0.3, 0.4) is 0 Å². The minimum absolute atomic E-state index is 0.0859. The fourth-order valence-electron chi connectivity index (χ4n) is 2.93. The summed E-state index contributed by atoms with van der Waals surface area (Å²) in [4.78, 5) is 18.1. The molecular weight excluding hydrogens is 333 g/mol. The van der Waals surface area contributed by atoms with Gasteiger partial charge in [0.25, 0.3) is 0 Å². The third kappa shape index (κ3) is 4.08. The van der Waals surface area contributed by atoms with Gasteiger partial charge in [0.1, 0.15) is 11.6 Å². The van der Waals surface area contributed by atoms with Gasteiger partial charge in [0.15, 0.2) is 0 Å². The highest BCUT2D eigenvalue weighted by Crippen LogP contribution is 2.32. The Balaban J connectivity index is 1.68. The van der Waals surface area contributed by atoms with Gasteiger partial charge in [-0.15, -0.1) is 0 Å². The van der Waals surface area contributed by atoms with Crippen molar-refractivity contribution in [3.05, 3.63) is 59.0 Å². The molecule has 0 unspecified atom stereocenters. The molecule has 1 amide bonds. The van der Waals surface area contributed by atoms with Crippen molar-refractivity contribution >= 4 is 23.3 Å². The van der Waals surface area contributed by atoms with E-state index < -0.39 is 6.10 Å². The van der Waals surface area contributed by atoms with Crippen LogP contribution in [0.4, 0.5) is 10.2 Å². The average molecular weight is 350 g/mol. The van der Waals surface area contributed by atoms with Crippen LogP contribution in [0, 0.1) is 5.82 Å². The smallest absolute Gasteiger partial charge is 0.239 e. The van der Waals surface area contributed by atoms with E-state index in [1.54, 1.807) is 24.3 Å². The van der Waals surface area contributed by atoms with Gasteiger partial charge in [0.2, 0.25) is 5.91 Å². The van der Waals surface area contributed by atoms with E-state index in [0.717, 1.165) is 5.56 Å². The van der Waals surface area contributed by atoms with Crippen LogP contribution in [-0.4, -0.2) is 40.1 Å². The lowest BCUT2D eigenvalue weighted by Gasteiger charge is -2.23. The van der Waals surface area contributed by atoms with Crippen molar-refractivity contribution in [2.75, 3.05) is 18.4 Å². The number of aliphatic hydroxyl groups is 1. The molecule has 7 heteroatoms. The minimum Gasteiger partial charge on any atom is -0.392 e. The van der Waals surface area contributed by atoms with Crippen LogP contribution < -0.4 is 5.32 Å². The molecule has 126 valence electrons. The Kier molecular flexibility index (Phi) is 5.08. The number of carbonyl (C=O) groups is 1. The number of halogens is 2. The van der Waals surface area contributed by atoms with Gasteiger partial charge in [-0.05, 0) is 36.2 Å². The van der Waals surface area contributed by atoms with Crippen LogP contribution in [0.5, 0.6) is 0 Å². The van der Waals surface area contributed by atoms with Crippen molar-refractivity contribution in [2.45, 2.75) is 18.6 Å². The van der Waals surface area contributed by atoms with Gasteiger partial charge in [0, 0.05) is 18.8 Å². The number of aliphatic hydroxyl groups excluding tert-OH is 1. The predicted octanol–water partition coefficient (Wildman–Crippen LogP) is 2.62. The number of carbonyl (C=O) groups excluding carboxylic acids is 1. The number of hydrogen-bond donors (Lipinski definition) is 2. The number of hydrogen-bond acceptors (Lipinski definition) is 4. The summed E-state index contributed by atoms with van der Waals surface area (Å²) in [6.07, 6.45) is 1.38. The van der Waals surface area contributed by atoms with E-state index in [2.05, 4.69) is 10.3 Å². The van der Waals surface area contributed by atoms with E-state index in [9.17, 15) is 14.3 Å². The Morgan fingerprint density at radius 1 is 1.42 bits per heavy atom. The molecule has 0 spiro atoms. The van der Waals surface area contributed by atoms with Gasteiger partial charge >= 0.3 is 0 Å². The Bertz CT molecular complexity index is 726. The first kappa shape index (κ1) is 16.8. The number of benzene rings is 1. The fraction of sp³-hybridized carbons (Fsp3) is 0.294. The van der Waals surface area contributed by atoms with Crippen molar-refractivity contribution in [1.29, 1.82) is 0 Å². The minimum atomic E-state index is -0.542.